The van der Waals surface area contributed by atoms with Crippen LogP contribution in [0, 0.1) is 5.92 Å². The molecule has 0 aliphatic carbocycles. The van der Waals surface area contributed by atoms with Crippen LogP contribution in [0.5, 0.6) is 5.88 Å². The standard InChI is InChI=1S/C31H32BrClFN5O6/c1-16-14-38(29(41)42)10-9-31(16,34)20-11-17(33)13-35-26(20)43-18-12-21(27(40)45-30(2,3)4)39(15-18)25-24-23(36-28(32)37-25)19-7-5-6-8-22(19)44-24/h5-8,11,13,16,18,21H,9-10,12,14-15H2,1-4H3,(H,41,42)/t16-,18-,21-,31+/m0/s1. The van der Waals surface area contributed by atoms with Crippen LogP contribution in [-0.4, -0.2) is 74.4 Å². The number of carbonyl (C=O) groups is 2. The molecule has 2 aliphatic heterocycles. The largest absolute Gasteiger partial charge is 0.472 e. The summed E-state index contributed by atoms with van der Waals surface area (Å²) < 4.78 is 35.5. The van der Waals surface area contributed by atoms with Crippen molar-refractivity contribution in [3.05, 3.63) is 51.8 Å². The number of anilines is 1. The lowest BCUT2D eigenvalue weighted by Gasteiger charge is -2.41. The molecule has 45 heavy (non-hydrogen) atoms. The average Bonchev–Trinajstić information content (AvgIpc) is 3.56. The van der Waals surface area contributed by atoms with Crippen molar-refractivity contribution in [1.82, 2.24) is 19.9 Å². The number of carboxylic acid groups (broad SMARTS) is 1. The molecular weight excluding hydrogens is 673 g/mol. The Morgan fingerprint density at radius 2 is 1.98 bits per heavy atom. The fraction of sp³-hybridized carbons (Fsp3) is 0.452. The van der Waals surface area contributed by atoms with Gasteiger partial charge in [-0.1, -0.05) is 30.7 Å². The maximum Gasteiger partial charge on any atom is 0.407 e. The predicted octanol–water partition coefficient (Wildman–Crippen LogP) is 6.74. The Labute approximate surface area is 271 Å². The molecule has 0 unspecified atom stereocenters. The van der Waals surface area contributed by atoms with Gasteiger partial charge < -0.3 is 28.8 Å². The lowest BCUT2D eigenvalue weighted by molar-refractivity contribution is -0.156. The minimum atomic E-state index is -1.94. The van der Waals surface area contributed by atoms with Crippen molar-refractivity contribution < 1.29 is 33.0 Å². The summed E-state index contributed by atoms with van der Waals surface area (Å²) in [6.07, 6.45) is -0.267. The number of esters is 1. The summed E-state index contributed by atoms with van der Waals surface area (Å²) in [6.45, 7) is 7.21. The van der Waals surface area contributed by atoms with Gasteiger partial charge in [-0.2, -0.15) is 0 Å². The van der Waals surface area contributed by atoms with E-state index in [1.807, 2.05) is 24.3 Å². The highest BCUT2D eigenvalue weighted by molar-refractivity contribution is 9.10. The maximum absolute atomic E-state index is 16.8. The Morgan fingerprint density at radius 3 is 2.69 bits per heavy atom. The second-order valence-electron chi connectivity index (χ2n) is 12.5. The van der Waals surface area contributed by atoms with Gasteiger partial charge in [0.05, 0.1) is 17.1 Å². The molecule has 1 amide bonds. The fourth-order valence-electron chi connectivity index (χ4n) is 6.12. The Bertz CT molecular complexity index is 1800. The number of likely N-dealkylation sites (tertiary alicyclic amines) is 1. The molecule has 14 heteroatoms. The smallest absolute Gasteiger partial charge is 0.407 e. The molecule has 5 heterocycles. The van der Waals surface area contributed by atoms with Gasteiger partial charge in [-0.05, 0) is 54.9 Å². The van der Waals surface area contributed by atoms with Crippen molar-refractivity contribution in [2.24, 2.45) is 5.92 Å². The molecule has 0 bridgehead atoms. The first kappa shape index (κ1) is 31.3. The number of hydrogen-bond acceptors (Lipinski definition) is 9. The van der Waals surface area contributed by atoms with Gasteiger partial charge in [0.1, 0.15) is 34.5 Å². The number of ether oxygens (including phenoxy) is 2. The number of nitrogens with zero attached hydrogens (tertiary/aromatic N) is 5. The molecule has 0 radical (unpaired) electrons. The van der Waals surface area contributed by atoms with Crippen LogP contribution in [-0.2, 0) is 15.2 Å². The number of furan rings is 1. The summed E-state index contributed by atoms with van der Waals surface area (Å²) in [5, 5.41) is 10.5. The number of alkyl halides is 1. The van der Waals surface area contributed by atoms with Crippen molar-refractivity contribution in [3.8, 4) is 5.88 Å². The van der Waals surface area contributed by atoms with E-state index in [1.54, 1.807) is 32.6 Å². The Hall–Kier alpha value is -3.71. The van der Waals surface area contributed by atoms with Gasteiger partial charge in [-0.3, -0.25) is 0 Å². The van der Waals surface area contributed by atoms with Crippen LogP contribution in [0.25, 0.3) is 22.1 Å². The Kier molecular flexibility index (Phi) is 8.05. The number of amides is 1. The number of hydrogen-bond donors (Lipinski definition) is 1. The molecule has 4 atom stereocenters. The zero-order valence-electron chi connectivity index (χ0n) is 25.1. The topological polar surface area (TPSA) is 131 Å². The van der Waals surface area contributed by atoms with Crippen LogP contribution in [0.15, 0.2) is 45.7 Å². The number of carbonyl (C=O) groups excluding carboxylic acids is 1. The van der Waals surface area contributed by atoms with Gasteiger partial charge in [0.2, 0.25) is 5.88 Å². The number of para-hydroxylation sites is 1. The predicted molar refractivity (Wildman–Crippen MR) is 168 cm³/mol. The first-order valence-electron chi connectivity index (χ1n) is 14.6. The number of aromatic nitrogens is 3. The maximum atomic E-state index is 16.8. The highest BCUT2D eigenvalue weighted by atomic mass is 79.9. The summed E-state index contributed by atoms with van der Waals surface area (Å²) in [5.41, 5.74) is -0.953. The summed E-state index contributed by atoms with van der Waals surface area (Å²) in [7, 11) is 0. The van der Waals surface area contributed by atoms with Crippen LogP contribution in [0.3, 0.4) is 0 Å². The van der Waals surface area contributed by atoms with Gasteiger partial charge in [-0.15, -0.1) is 0 Å². The van der Waals surface area contributed by atoms with Gasteiger partial charge in [0, 0.05) is 43.4 Å². The summed E-state index contributed by atoms with van der Waals surface area (Å²) in [4.78, 5) is 41.7. The van der Waals surface area contributed by atoms with E-state index < -0.39 is 41.4 Å². The molecule has 2 fully saturated rings. The molecule has 0 spiro atoms. The van der Waals surface area contributed by atoms with Crippen molar-refractivity contribution >= 4 is 67.5 Å². The highest BCUT2D eigenvalue weighted by Gasteiger charge is 2.48. The van der Waals surface area contributed by atoms with Crippen LogP contribution in [0.4, 0.5) is 15.0 Å². The van der Waals surface area contributed by atoms with Crippen molar-refractivity contribution in [2.75, 3.05) is 24.5 Å². The van der Waals surface area contributed by atoms with Crippen LogP contribution >= 0.6 is 27.5 Å². The van der Waals surface area contributed by atoms with E-state index in [-0.39, 0.29) is 48.9 Å². The van der Waals surface area contributed by atoms with Crippen LogP contribution in [0.1, 0.15) is 46.1 Å². The highest BCUT2D eigenvalue weighted by Crippen LogP contribution is 2.46. The zero-order valence-corrected chi connectivity index (χ0v) is 27.4. The molecule has 0 saturated carbocycles. The lowest BCUT2D eigenvalue weighted by Crippen LogP contribution is -2.48. The normalized spacial score (nSPS) is 23.9. The summed E-state index contributed by atoms with van der Waals surface area (Å²) in [5.74, 6) is -0.760. The minimum absolute atomic E-state index is 0.00575. The summed E-state index contributed by atoms with van der Waals surface area (Å²) >= 11 is 9.71. The molecule has 1 aromatic carbocycles. The summed E-state index contributed by atoms with van der Waals surface area (Å²) in [6, 6.07) is 8.13. The van der Waals surface area contributed by atoms with E-state index in [2.05, 4.69) is 30.9 Å². The van der Waals surface area contributed by atoms with E-state index in [0.29, 0.717) is 27.2 Å². The number of piperidine rings is 1. The molecule has 11 nitrogen and oxygen atoms in total. The van der Waals surface area contributed by atoms with E-state index in [1.165, 1.54) is 17.2 Å². The van der Waals surface area contributed by atoms with Crippen molar-refractivity contribution in [2.45, 2.75) is 64.0 Å². The van der Waals surface area contributed by atoms with Gasteiger partial charge in [0.25, 0.3) is 0 Å². The molecule has 4 aromatic rings. The molecule has 2 aliphatic rings. The minimum Gasteiger partial charge on any atom is -0.472 e. The quantitative estimate of drug-likeness (QED) is 0.176. The van der Waals surface area contributed by atoms with Crippen molar-refractivity contribution in [1.29, 1.82) is 0 Å². The molecule has 6 rings (SSSR count). The van der Waals surface area contributed by atoms with E-state index in [9.17, 15) is 14.7 Å². The first-order chi connectivity index (χ1) is 21.2. The number of fused-ring (bicyclic) bond motifs is 3. The van der Waals surface area contributed by atoms with Gasteiger partial charge in [0.15, 0.2) is 16.1 Å². The molecule has 238 valence electrons. The van der Waals surface area contributed by atoms with Crippen molar-refractivity contribution in [3.63, 3.8) is 0 Å². The SMILES string of the molecule is C[C@H]1CN(C(=O)O)CC[C@]1(F)c1cc(Cl)cnc1O[C@H]1C[C@@H](C(=O)OC(C)(C)C)N(c2nc(Br)nc3c2oc2ccccc23)C1. The third-order valence-corrected chi connectivity index (χ3v) is 8.78. The number of pyridine rings is 1. The Balaban J connectivity index is 1.37. The number of benzene rings is 1. The second-order valence-corrected chi connectivity index (χ2v) is 13.7. The first-order valence-corrected chi connectivity index (χ1v) is 15.7. The fourth-order valence-corrected chi connectivity index (χ4v) is 6.62. The number of halogens is 3. The number of rotatable bonds is 5. The van der Waals surface area contributed by atoms with Crippen LogP contribution in [0.2, 0.25) is 5.02 Å². The van der Waals surface area contributed by atoms with Crippen LogP contribution < -0.4 is 9.64 Å². The van der Waals surface area contributed by atoms with E-state index >= 15 is 4.39 Å². The molecule has 2 saturated heterocycles. The lowest BCUT2D eigenvalue weighted by atomic mass is 9.79. The van der Waals surface area contributed by atoms with E-state index in [4.69, 9.17) is 25.5 Å². The molecular formula is C31H32BrClFN5O6. The zero-order chi connectivity index (χ0) is 32.3. The third kappa shape index (κ3) is 5.99. The second kappa shape index (κ2) is 11.6. The Morgan fingerprint density at radius 1 is 1.22 bits per heavy atom. The third-order valence-electron chi connectivity index (χ3n) is 8.22. The average molecular weight is 705 g/mol. The van der Waals surface area contributed by atoms with Gasteiger partial charge in [-0.25, -0.2) is 28.9 Å². The van der Waals surface area contributed by atoms with E-state index in [0.717, 1.165) is 5.39 Å². The molecule has 3 aromatic heterocycles. The molecule has 1 N–H and O–H groups in total. The van der Waals surface area contributed by atoms with Gasteiger partial charge >= 0.3 is 12.1 Å². The monoisotopic (exact) mass is 703 g/mol.